The minimum atomic E-state index is -0.432. The molecular formula is C13H20FN3O. The summed E-state index contributed by atoms with van der Waals surface area (Å²) in [7, 11) is 0. The Morgan fingerprint density at radius 3 is 2.72 bits per heavy atom. The van der Waals surface area contributed by atoms with E-state index in [1.807, 2.05) is 11.8 Å². The molecule has 1 amide bonds. The van der Waals surface area contributed by atoms with Gasteiger partial charge in [-0.25, -0.2) is 4.39 Å². The molecule has 0 spiro atoms. The number of hydrogen-bond donors (Lipinski definition) is 2. The maximum Gasteiger partial charge on any atom is 0.240 e. The lowest BCUT2D eigenvalue weighted by Gasteiger charge is -2.31. The molecule has 0 aliphatic rings. The van der Waals surface area contributed by atoms with E-state index in [0.717, 1.165) is 6.42 Å². The van der Waals surface area contributed by atoms with Crippen molar-refractivity contribution in [3.63, 3.8) is 0 Å². The molecule has 4 N–H and O–H groups in total. The zero-order chi connectivity index (χ0) is 13.5. The first-order chi connectivity index (χ1) is 8.60. The Hall–Kier alpha value is -1.62. The monoisotopic (exact) mass is 253 g/mol. The van der Waals surface area contributed by atoms with Gasteiger partial charge in [-0.05, 0) is 37.6 Å². The lowest BCUT2D eigenvalue weighted by molar-refractivity contribution is -0.119. The van der Waals surface area contributed by atoms with Gasteiger partial charge >= 0.3 is 0 Å². The van der Waals surface area contributed by atoms with Crippen LogP contribution < -0.4 is 16.4 Å². The van der Waals surface area contributed by atoms with Gasteiger partial charge in [-0.15, -0.1) is 0 Å². The molecule has 0 aromatic heterocycles. The molecule has 0 radical (unpaired) electrons. The highest BCUT2D eigenvalue weighted by Gasteiger charge is 2.22. The van der Waals surface area contributed by atoms with Crippen LogP contribution in [0.4, 0.5) is 10.1 Å². The van der Waals surface area contributed by atoms with Gasteiger partial charge in [-0.3, -0.25) is 4.79 Å². The number of rotatable bonds is 7. The molecule has 1 unspecified atom stereocenters. The van der Waals surface area contributed by atoms with Crippen molar-refractivity contribution < 1.29 is 9.18 Å². The van der Waals surface area contributed by atoms with Crippen LogP contribution in [0, 0.1) is 5.82 Å². The van der Waals surface area contributed by atoms with Gasteiger partial charge in [0.05, 0.1) is 0 Å². The first-order valence-electron chi connectivity index (χ1n) is 6.11. The average molecular weight is 253 g/mol. The number of halogens is 1. The molecular weight excluding hydrogens is 233 g/mol. The summed E-state index contributed by atoms with van der Waals surface area (Å²) >= 11 is 0. The third-order valence-electron chi connectivity index (χ3n) is 2.83. The minimum absolute atomic E-state index is 0.329. The fraction of sp³-hybridized carbons (Fsp3) is 0.462. The highest BCUT2D eigenvalue weighted by Crippen LogP contribution is 2.20. The summed E-state index contributed by atoms with van der Waals surface area (Å²) in [6.07, 6.45) is 1.30. The Labute approximate surface area is 107 Å². The Bertz CT molecular complexity index is 398. The maximum atomic E-state index is 13.3. The quantitative estimate of drug-likeness (QED) is 0.768. The summed E-state index contributed by atoms with van der Waals surface area (Å²) in [5.74, 6) is -0.733. The SMILES string of the molecule is CCC(C(N)=O)N(CCCN)c1cccc(F)c1. The molecule has 0 bridgehead atoms. The predicted octanol–water partition coefficient (Wildman–Crippen LogP) is 1.24. The van der Waals surface area contributed by atoms with Crippen LogP contribution in [-0.2, 0) is 4.79 Å². The van der Waals surface area contributed by atoms with Crippen LogP contribution in [0.25, 0.3) is 0 Å². The van der Waals surface area contributed by atoms with Crippen LogP contribution in [0.3, 0.4) is 0 Å². The second-order valence-electron chi connectivity index (χ2n) is 4.14. The molecule has 0 aliphatic heterocycles. The maximum absolute atomic E-state index is 13.3. The van der Waals surface area contributed by atoms with Gasteiger partial charge in [0.2, 0.25) is 5.91 Å². The standard InChI is InChI=1S/C13H20FN3O/c1-2-12(13(16)18)17(8-4-7-15)11-6-3-5-10(14)9-11/h3,5-6,9,12H,2,4,7-8,15H2,1H3,(H2,16,18). The van der Waals surface area contributed by atoms with Gasteiger partial charge in [0, 0.05) is 12.2 Å². The molecule has 100 valence electrons. The van der Waals surface area contributed by atoms with Crippen molar-refractivity contribution in [2.45, 2.75) is 25.8 Å². The fourth-order valence-corrected chi connectivity index (χ4v) is 1.96. The number of anilines is 1. The summed E-state index contributed by atoms with van der Waals surface area (Å²) < 4.78 is 13.3. The summed E-state index contributed by atoms with van der Waals surface area (Å²) in [6.45, 7) is 2.98. The summed E-state index contributed by atoms with van der Waals surface area (Å²) in [6, 6.07) is 5.73. The molecule has 1 aromatic rings. The van der Waals surface area contributed by atoms with E-state index in [2.05, 4.69) is 0 Å². The number of primary amides is 1. The largest absolute Gasteiger partial charge is 0.368 e. The van der Waals surface area contributed by atoms with Crippen LogP contribution in [0.5, 0.6) is 0 Å². The predicted molar refractivity (Wildman–Crippen MR) is 70.7 cm³/mol. The second-order valence-corrected chi connectivity index (χ2v) is 4.14. The number of carbonyl (C=O) groups is 1. The van der Waals surface area contributed by atoms with E-state index in [1.165, 1.54) is 12.1 Å². The molecule has 0 aliphatic carbocycles. The van der Waals surface area contributed by atoms with E-state index >= 15 is 0 Å². The van der Waals surface area contributed by atoms with Gasteiger partial charge < -0.3 is 16.4 Å². The van der Waals surface area contributed by atoms with Crippen molar-refractivity contribution >= 4 is 11.6 Å². The number of benzene rings is 1. The topological polar surface area (TPSA) is 72.4 Å². The van der Waals surface area contributed by atoms with E-state index in [4.69, 9.17) is 11.5 Å². The van der Waals surface area contributed by atoms with Crippen LogP contribution in [0.1, 0.15) is 19.8 Å². The number of hydrogen-bond acceptors (Lipinski definition) is 3. The number of nitrogens with zero attached hydrogens (tertiary/aromatic N) is 1. The average Bonchev–Trinajstić information content (AvgIpc) is 2.33. The molecule has 0 saturated heterocycles. The van der Waals surface area contributed by atoms with Crippen molar-refractivity contribution in [2.75, 3.05) is 18.0 Å². The third kappa shape index (κ3) is 3.70. The summed E-state index contributed by atoms with van der Waals surface area (Å²) in [5, 5.41) is 0. The van der Waals surface area contributed by atoms with E-state index in [1.54, 1.807) is 12.1 Å². The number of carbonyl (C=O) groups excluding carboxylic acids is 1. The molecule has 0 fully saturated rings. The van der Waals surface area contributed by atoms with Gasteiger partial charge in [0.1, 0.15) is 11.9 Å². The van der Waals surface area contributed by atoms with E-state index < -0.39 is 11.9 Å². The number of nitrogens with two attached hydrogens (primary N) is 2. The van der Waals surface area contributed by atoms with E-state index in [0.29, 0.717) is 25.2 Å². The molecule has 0 saturated carbocycles. The first-order valence-corrected chi connectivity index (χ1v) is 6.11. The van der Waals surface area contributed by atoms with Crippen LogP contribution in [0.15, 0.2) is 24.3 Å². The van der Waals surface area contributed by atoms with E-state index in [-0.39, 0.29) is 5.82 Å². The van der Waals surface area contributed by atoms with Gasteiger partial charge in [0.15, 0.2) is 0 Å². The van der Waals surface area contributed by atoms with Crippen LogP contribution in [-0.4, -0.2) is 25.0 Å². The molecule has 4 nitrogen and oxygen atoms in total. The molecule has 1 aromatic carbocycles. The van der Waals surface area contributed by atoms with Crippen molar-refractivity contribution in [3.05, 3.63) is 30.1 Å². The van der Waals surface area contributed by atoms with Crippen molar-refractivity contribution in [2.24, 2.45) is 11.5 Å². The summed E-state index contributed by atoms with van der Waals surface area (Å²) in [4.78, 5) is 13.3. The zero-order valence-electron chi connectivity index (χ0n) is 10.6. The van der Waals surface area contributed by atoms with Crippen molar-refractivity contribution in [1.82, 2.24) is 0 Å². The van der Waals surface area contributed by atoms with Crippen LogP contribution in [0.2, 0.25) is 0 Å². The Morgan fingerprint density at radius 2 is 2.22 bits per heavy atom. The van der Waals surface area contributed by atoms with Crippen molar-refractivity contribution in [1.29, 1.82) is 0 Å². The smallest absolute Gasteiger partial charge is 0.240 e. The van der Waals surface area contributed by atoms with Crippen molar-refractivity contribution in [3.8, 4) is 0 Å². The fourth-order valence-electron chi connectivity index (χ4n) is 1.96. The highest BCUT2D eigenvalue weighted by molar-refractivity contribution is 5.83. The molecule has 5 heteroatoms. The zero-order valence-corrected chi connectivity index (χ0v) is 10.6. The molecule has 1 atom stereocenters. The normalized spacial score (nSPS) is 12.2. The lowest BCUT2D eigenvalue weighted by Crippen LogP contribution is -2.45. The molecule has 0 heterocycles. The van der Waals surface area contributed by atoms with E-state index in [9.17, 15) is 9.18 Å². The van der Waals surface area contributed by atoms with Gasteiger partial charge in [-0.1, -0.05) is 13.0 Å². The summed E-state index contributed by atoms with van der Waals surface area (Å²) in [5.41, 5.74) is 11.5. The Morgan fingerprint density at radius 1 is 1.50 bits per heavy atom. The Kier molecular flexibility index (Phi) is 5.58. The number of amides is 1. The lowest BCUT2D eigenvalue weighted by atomic mass is 10.1. The minimum Gasteiger partial charge on any atom is -0.368 e. The van der Waals surface area contributed by atoms with Gasteiger partial charge in [0.25, 0.3) is 0 Å². The highest BCUT2D eigenvalue weighted by atomic mass is 19.1. The Balaban J connectivity index is 2.99. The second kappa shape index (κ2) is 6.96. The molecule has 18 heavy (non-hydrogen) atoms. The third-order valence-corrected chi connectivity index (χ3v) is 2.83. The van der Waals surface area contributed by atoms with Crippen LogP contribution >= 0.6 is 0 Å². The first kappa shape index (κ1) is 14.4. The van der Waals surface area contributed by atoms with Gasteiger partial charge in [-0.2, -0.15) is 0 Å². The molecule has 1 rings (SSSR count).